The number of nitrogens with zero attached hydrogens (tertiary/aromatic N) is 2. The molecular formula is C36H39Cl2N3O5S2. The molecule has 4 aromatic rings. The molecule has 0 aliphatic rings. The molecular weight excluding hydrogens is 689 g/mol. The highest BCUT2D eigenvalue weighted by atomic mass is 35.5. The highest BCUT2D eigenvalue weighted by Gasteiger charge is 2.35. The van der Waals surface area contributed by atoms with Crippen molar-refractivity contribution in [3.63, 3.8) is 0 Å². The van der Waals surface area contributed by atoms with Crippen LogP contribution in [-0.2, 0) is 32.6 Å². The zero-order valence-corrected chi connectivity index (χ0v) is 30.4. The van der Waals surface area contributed by atoms with E-state index in [1.807, 2.05) is 57.4 Å². The first kappa shape index (κ1) is 37.1. The fourth-order valence-corrected chi connectivity index (χ4v) is 7.41. The maximum absolute atomic E-state index is 14.6. The molecule has 4 rings (SSSR count). The average molecular weight is 729 g/mol. The Bertz CT molecular complexity index is 1770. The van der Waals surface area contributed by atoms with Crippen LogP contribution < -0.4 is 14.4 Å². The first-order valence-corrected chi connectivity index (χ1v) is 18.8. The molecule has 0 radical (unpaired) electrons. The fourth-order valence-electron chi connectivity index (χ4n) is 5.07. The second-order valence-corrected chi connectivity index (χ2v) is 14.8. The van der Waals surface area contributed by atoms with Crippen LogP contribution in [0.2, 0.25) is 10.0 Å². The lowest BCUT2D eigenvalue weighted by Gasteiger charge is -2.34. The van der Waals surface area contributed by atoms with Crippen LogP contribution in [-0.4, -0.2) is 56.6 Å². The quantitative estimate of drug-likeness (QED) is 0.128. The van der Waals surface area contributed by atoms with Gasteiger partial charge in [-0.1, -0.05) is 59.6 Å². The van der Waals surface area contributed by atoms with Gasteiger partial charge in [0, 0.05) is 39.5 Å². The van der Waals surface area contributed by atoms with Crippen LogP contribution in [0.25, 0.3) is 0 Å². The lowest BCUT2D eigenvalue weighted by atomic mass is 10.0. The predicted molar refractivity (Wildman–Crippen MR) is 195 cm³/mol. The number of hydrogen-bond acceptors (Lipinski definition) is 6. The Balaban J connectivity index is 1.84. The molecule has 0 saturated heterocycles. The van der Waals surface area contributed by atoms with Crippen LogP contribution in [0.15, 0.2) is 107 Å². The summed E-state index contributed by atoms with van der Waals surface area (Å²) in [6.07, 6.45) is 2.06. The summed E-state index contributed by atoms with van der Waals surface area (Å²) in [4.78, 5) is 30.8. The van der Waals surface area contributed by atoms with Gasteiger partial charge in [-0.05, 0) is 93.3 Å². The first-order valence-electron chi connectivity index (χ1n) is 15.4. The Kier molecular flexibility index (Phi) is 13.2. The molecule has 0 spiro atoms. The van der Waals surface area contributed by atoms with Gasteiger partial charge in [-0.15, -0.1) is 11.8 Å². The molecule has 0 heterocycles. The number of ether oxygens (including phenoxy) is 1. The minimum Gasteiger partial charge on any atom is -0.494 e. The third-order valence-electron chi connectivity index (χ3n) is 7.45. The van der Waals surface area contributed by atoms with Crippen molar-refractivity contribution in [3.8, 4) is 5.75 Å². The number of amides is 2. The summed E-state index contributed by atoms with van der Waals surface area (Å²) in [5.41, 5.74) is 1.50. The largest absolute Gasteiger partial charge is 0.494 e. The minimum atomic E-state index is -4.26. The van der Waals surface area contributed by atoms with E-state index in [9.17, 15) is 18.0 Å². The normalized spacial score (nSPS) is 12.0. The standard InChI is InChI=1S/C36H39Cl2N3O5S2/c1-5-46-28-16-14-27(15-17-28)41(48(44,45)30-20-18-29(47-4)19-21-30)24-35(42)40(23-31-32(37)12-9-13-33(31)38)34(36(43)39-25(2)3)22-26-10-7-6-8-11-26/h6-21,25,34H,5,22-24H2,1-4H3,(H,39,43)/t34-/m0/s1. The number of halogens is 2. The third kappa shape index (κ3) is 9.47. The van der Waals surface area contributed by atoms with E-state index in [2.05, 4.69) is 5.32 Å². The molecule has 0 saturated carbocycles. The Morgan fingerprint density at radius 3 is 2.06 bits per heavy atom. The molecule has 0 aromatic heterocycles. The van der Waals surface area contributed by atoms with Gasteiger partial charge < -0.3 is 15.0 Å². The van der Waals surface area contributed by atoms with Crippen molar-refractivity contribution in [2.75, 3.05) is 23.7 Å². The number of hydrogen-bond donors (Lipinski definition) is 1. The summed E-state index contributed by atoms with van der Waals surface area (Å²) in [7, 11) is -4.26. The summed E-state index contributed by atoms with van der Waals surface area (Å²) >= 11 is 14.7. The molecule has 0 aliphatic heterocycles. The Hall–Kier alpha value is -3.70. The monoisotopic (exact) mass is 727 g/mol. The smallest absolute Gasteiger partial charge is 0.264 e. The van der Waals surface area contributed by atoms with Crippen molar-refractivity contribution in [1.82, 2.24) is 10.2 Å². The lowest BCUT2D eigenvalue weighted by Crippen LogP contribution is -2.54. The zero-order chi connectivity index (χ0) is 34.8. The SMILES string of the molecule is CCOc1ccc(N(CC(=O)N(Cc2c(Cl)cccc2Cl)[C@@H](Cc2ccccc2)C(=O)NC(C)C)S(=O)(=O)c2ccc(SC)cc2)cc1. The van der Waals surface area contributed by atoms with E-state index in [4.69, 9.17) is 27.9 Å². The van der Waals surface area contributed by atoms with Crippen molar-refractivity contribution in [3.05, 3.63) is 118 Å². The van der Waals surface area contributed by atoms with Gasteiger partial charge in [0.2, 0.25) is 11.8 Å². The molecule has 254 valence electrons. The molecule has 48 heavy (non-hydrogen) atoms. The van der Waals surface area contributed by atoms with E-state index < -0.39 is 34.4 Å². The van der Waals surface area contributed by atoms with Crippen LogP contribution in [0.3, 0.4) is 0 Å². The molecule has 1 atom stereocenters. The van der Waals surface area contributed by atoms with Gasteiger partial charge >= 0.3 is 0 Å². The van der Waals surface area contributed by atoms with E-state index in [1.165, 1.54) is 28.8 Å². The van der Waals surface area contributed by atoms with E-state index in [0.29, 0.717) is 28.0 Å². The van der Waals surface area contributed by atoms with Crippen molar-refractivity contribution in [2.45, 2.75) is 55.6 Å². The van der Waals surface area contributed by atoms with E-state index in [-0.39, 0.29) is 29.6 Å². The highest BCUT2D eigenvalue weighted by molar-refractivity contribution is 7.98. The first-order chi connectivity index (χ1) is 22.9. The van der Waals surface area contributed by atoms with Crippen LogP contribution in [0.1, 0.15) is 31.9 Å². The Labute approximate surface area is 297 Å². The number of anilines is 1. The summed E-state index contributed by atoms with van der Waals surface area (Å²) in [6, 6.07) is 26.0. The minimum absolute atomic E-state index is 0.0149. The number of rotatable bonds is 15. The van der Waals surface area contributed by atoms with Crippen molar-refractivity contribution >= 4 is 62.5 Å². The maximum atomic E-state index is 14.6. The predicted octanol–water partition coefficient (Wildman–Crippen LogP) is 7.47. The molecule has 8 nitrogen and oxygen atoms in total. The number of benzene rings is 4. The van der Waals surface area contributed by atoms with Crippen LogP contribution in [0, 0.1) is 0 Å². The summed E-state index contributed by atoms with van der Waals surface area (Å²) in [5.74, 6) is -0.463. The van der Waals surface area contributed by atoms with Crippen LogP contribution >= 0.6 is 35.0 Å². The van der Waals surface area contributed by atoms with Gasteiger partial charge in [0.1, 0.15) is 18.3 Å². The van der Waals surface area contributed by atoms with Crippen LogP contribution in [0.5, 0.6) is 5.75 Å². The number of carbonyl (C=O) groups is 2. The van der Waals surface area contributed by atoms with E-state index >= 15 is 0 Å². The summed E-state index contributed by atoms with van der Waals surface area (Å²) in [5, 5.41) is 3.56. The molecule has 2 amide bonds. The van der Waals surface area contributed by atoms with Gasteiger partial charge in [0.25, 0.3) is 10.0 Å². The van der Waals surface area contributed by atoms with Gasteiger partial charge in [0.15, 0.2) is 0 Å². The molecule has 0 aliphatic carbocycles. The fraction of sp³-hybridized carbons (Fsp3) is 0.278. The highest BCUT2D eigenvalue weighted by Crippen LogP contribution is 2.30. The van der Waals surface area contributed by atoms with Crippen molar-refractivity contribution < 1.29 is 22.7 Å². The lowest BCUT2D eigenvalue weighted by molar-refractivity contribution is -0.140. The number of carbonyl (C=O) groups excluding carboxylic acids is 2. The number of sulfonamides is 1. The molecule has 0 unspecified atom stereocenters. The molecule has 4 aromatic carbocycles. The van der Waals surface area contributed by atoms with Gasteiger partial charge in [-0.25, -0.2) is 8.42 Å². The van der Waals surface area contributed by atoms with E-state index in [1.54, 1.807) is 54.6 Å². The van der Waals surface area contributed by atoms with Crippen LogP contribution in [0.4, 0.5) is 5.69 Å². The summed E-state index contributed by atoms with van der Waals surface area (Å²) < 4.78 is 35.2. The van der Waals surface area contributed by atoms with Gasteiger partial charge in [-0.2, -0.15) is 0 Å². The van der Waals surface area contributed by atoms with Crippen molar-refractivity contribution in [1.29, 1.82) is 0 Å². The maximum Gasteiger partial charge on any atom is 0.264 e. The molecule has 0 bridgehead atoms. The zero-order valence-electron chi connectivity index (χ0n) is 27.2. The Morgan fingerprint density at radius 2 is 1.50 bits per heavy atom. The third-order valence-corrected chi connectivity index (χ3v) is 10.7. The topological polar surface area (TPSA) is 96.0 Å². The molecule has 0 fully saturated rings. The average Bonchev–Trinajstić information content (AvgIpc) is 3.07. The van der Waals surface area contributed by atoms with Crippen molar-refractivity contribution in [2.24, 2.45) is 0 Å². The molecule has 12 heteroatoms. The number of thioether (sulfide) groups is 1. The summed E-state index contributed by atoms with van der Waals surface area (Å²) in [6.45, 7) is 5.20. The number of nitrogens with one attached hydrogen (secondary N) is 1. The second-order valence-electron chi connectivity index (χ2n) is 11.2. The van der Waals surface area contributed by atoms with E-state index in [0.717, 1.165) is 14.8 Å². The molecule has 1 N–H and O–H groups in total. The Morgan fingerprint density at radius 1 is 0.875 bits per heavy atom. The van der Waals surface area contributed by atoms with Gasteiger partial charge in [0.05, 0.1) is 17.2 Å². The second kappa shape index (κ2) is 17.1. The van der Waals surface area contributed by atoms with Gasteiger partial charge in [-0.3, -0.25) is 13.9 Å².